The largest absolute Gasteiger partial charge is 0.496 e. The van der Waals surface area contributed by atoms with E-state index in [1.54, 1.807) is 7.11 Å². The third kappa shape index (κ3) is 3.98. The second-order valence-electron chi connectivity index (χ2n) is 7.43. The Morgan fingerprint density at radius 2 is 2.00 bits per heavy atom. The molecule has 0 radical (unpaired) electrons. The molecule has 1 aromatic carbocycles. The molecule has 1 saturated heterocycles. The summed E-state index contributed by atoms with van der Waals surface area (Å²) in [6, 6.07) is 7.96. The van der Waals surface area contributed by atoms with Crippen molar-refractivity contribution in [3.05, 3.63) is 30.1 Å². The average Bonchev–Trinajstić information content (AvgIpc) is 3.39. The van der Waals surface area contributed by atoms with Gasteiger partial charge in [0.1, 0.15) is 5.75 Å². The SMILES string of the molecule is COc1ccccc1-c1nc(C2CCN(C(C)C(=O)NC3CC3)CC2)no1. The molecular formula is C20H26N4O3. The monoisotopic (exact) mass is 370 g/mol. The Morgan fingerprint density at radius 1 is 1.26 bits per heavy atom. The molecule has 7 nitrogen and oxygen atoms in total. The van der Waals surface area contributed by atoms with Crippen molar-refractivity contribution in [3.8, 4) is 17.2 Å². The number of rotatable bonds is 6. The fraction of sp³-hybridized carbons (Fsp3) is 0.550. The molecule has 0 spiro atoms. The number of hydrogen-bond acceptors (Lipinski definition) is 6. The minimum Gasteiger partial charge on any atom is -0.496 e. The molecule has 1 unspecified atom stereocenters. The summed E-state index contributed by atoms with van der Waals surface area (Å²) in [5.74, 6) is 2.35. The van der Waals surface area contributed by atoms with E-state index in [0.29, 0.717) is 11.9 Å². The van der Waals surface area contributed by atoms with Gasteiger partial charge in [0.25, 0.3) is 5.89 Å². The van der Waals surface area contributed by atoms with Crippen molar-refractivity contribution in [2.45, 2.75) is 50.6 Å². The number of likely N-dealkylation sites (tertiary alicyclic amines) is 1. The maximum absolute atomic E-state index is 12.3. The first-order chi connectivity index (χ1) is 13.2. The van der Waals surface area contributed by atoms with Crippen molar-refractivity contribution in [3.63, 3.8) is 0 Å². The summed E-state index contributed by atoms with van der Waals surface area (Å²) in [4.78, 5) is 19.1. The van der Waals surface area contributed by atoms with Gasteiger partial charge in [0.2, 0.25) is 5.91 Å². The molecule has 144 valence electrons. The quantitative estimate of drug-likeness (QED) is 0.842. The molecule has 1 aliphatic carbocycles. The Labute approximate surface area is 159 Å². The maximum Gasteiger partial charge on any atom is 0.261 e. The van der Waals surface area contributed by atoms with Crippen LogP contribution < -0.4 is 10.1 Å². The van der Waals surface area contributed by atoms with Crippen molar-refractivity contribution in [1.29, 1.82) is 0 Å². The van der Waals surface area contributed by atoms with Gasteiger partial charge in [0.05, 0.1) is 18.7 Å². The van der Waals surface area contributed by atoms with Crippen molar-refractivity contribution in [2.24, 2.45) is 0 Å². The molecule has 2 aromatic rings. The van der Waals surface area contributed by atoms with Crippen molar-refractivity contribution >= 4 is 5.91 Å². The van der Waals surface area contributed by atoms with Crippen LogP contribution in [0.25, 0.3) is 11.5 Å². The topological polar surface area (TPSA) is 80.5 Å². The number of methoxy groups -OCH3 is 1. The smallest absolute Gasteiger partial charge is 0.261 e. The van der Waals surface area contributed by atoms with Crippen LogP contribution in [-0.4, -0.2) is 53.2 Å². The summed E-state index contributed by atoms with van der Waals surface area (Å²) >= 11 is 0. The normalized spacial score (nSPS) is 19.6. The number of carbonyl (C=O) groups excluding carboxylic acids is 1. The van der Waals surface area contributed by atoms with Crippen LogP contribution >= 0.6 is 0 Å². The maximum atomic E-state index is 12.3. The highest BCUT2D eigenvalue weighted by Crippen LogP contribution is 2.32. The van der Waals surface area contributed by atoms with Crippen LogP contribution in [0.2, 0.25) is 0 Å². The van der Waals surface area contributed by atoms with Gasteiger partial charge < -0.3 is 14.6 Å². The van der Waals surface area contributed by atoms with Gasteiger partial charge >= 0.3 is 0 Å². The zero-order valence-electron chi connectivity index (χ0n) is 15.9. The molecule has 2 heterocycles. The van der Waals surface area contributed by atoms with E-state index in [4.69, 9.17) is 9.26 Å². The Hall–Kier alpha value is -2.41. The second-order valence-corrected chi connectivity index (χ2v) is 7.43. The fourth-order valence-electron chi connectivity index (χ4n) is 3.59. The van der Waals surface area contributed by atoms with Crippen LogP contribution in [0.4, 0.5) is 0 Å². The number of amides is 1. The lowest BCUT2D eigenvalue weighted by atomic mass is 9.95. The number of piperidine rings is 1. The minimum atomic E-state index is -0.0824. The number of nitrogens with zero attached hydrogens (tertiary/aromatic N) is 3. The van der Waals surface area contributed by atoms with Gasteiger partial charge in [0, 0.05) is 12.0 Å². The Balaban J connectivity index is 1.37. The number of ether oxygens (including phenoxy) is 1. The molecule has 1 atom stereocenters. The molecule has 2 fully saturated rings. The molecule has 27 heavy (non-hydrogen) atoms. The Kier molecular flexibility index (Phi) is 5.11. The molecule has 0 bridgehead atoms. The fourth-order valence-corrected chi connectivity index (χ4v) is 3.59. The average molecular weight is 370 g/mol. The van der Waals surface area contributed by atoms with Gasteiger partial charge in [-0.25, -0.2) is 0 Å². The highest BCUT2D eigenvalue weighted by Gasteiger charge is 2.32. The first-order valence-electron chi connectivity index (χ1n) is 9.67. The second kappa shape index (κ2) is 7.68. The van der Waals surface area contributed by atoms with E-state index in [1.807, 2.05) is 31.2 Å². The predicted octanol–water partition coefficient (Wildman–Crippen LogP) is 2.59. The number of carbonyl (C=O) groups is 1. The highest BCUT2D eigenvalue weighted by atomic mass is 16.5. The van der Waals surface area contributed by atoms with Crippen LogP contribution in [0, 0.1) is 0 Å². The highest BCUT2D eigenvalue weighted by molar-refractivity contribution is 5.81. The summed E-state index contributed by atoms with van der Waals surface area (Å²) in [7, 11) is 1.63. The van der Waals surface area contributed by atoms with Crippen LogP contribution in [0.3, 0.4) is 0 Å². The van der Waals surface area contributed by atoms with Gasteiger partial charge in [-0.2, -0.15) is 4.98 Å². The van der Waals surface area contributed by atoms with Crippen molar-refractivity contribution in [1.82, 2.24) is 20.4 Å². The number of nitrogens with one attached hydrogen (secondary N) is 1. The lowest BCUT2D eigenvalue weighted by molar-refractivity contribution is -0.126. The summed E-state index contributed by atoms with van der Waals surface area (Å²) in [5, 5.41) is 7.30. The molecule has 2 aliphatic rings. The number of aromatic nitrogens is 2. The summed E-state index contributed by atoms with van der Waals surface area (Å²) in [6.45, 7) is 3.72. The third-order valence-electron chi connectivity index (χ3n) is 5.52. The van der Waals surface area contributed by atoms with E-state index < -0.39 is 0 Å². The first kappa shape index (κ1) is 18.0. The van der Waals surface area contributed by atoms with Gasteiger partial charge in [-0.3, -0.25) is 9.69 Å². The van der Waals surface area contributed by atoms with Crippen molar-refractivity contribution in [2.75, 3.05) is 20.2 Å². The van der Waals surface area contributed by atoms with Crippen LogP contribution in [0.1, 0.15) is 44.3 Å². The van der Waals surface area contributed by atoms with E-state index in [2.05, 4.69) is 20.4 Å². The first-order valence-corrected chi connectivity index (χ1v) is 9.67. The summed E-state index contributed by atoms with van der Waals surface area (Å²) in [6.07, 6.45) is 4.08. The Bertz CT molecular complexity index is 794. The third-order valence-corrected chi connectivity index (χ3v) is 5.52. The summed E-state index contributed by atoms with van der Waals surface area (Å²) < 4.78 is 10.9. The zero-order valence-corrected chi connectivity index (χ0v) is 15.9. The molecule has 1 N–H and O–H groups in total. The van der Waals surface area contributed by atoms with Crippen LogP contribution in [-0.2, 0) is 4.79 Å². The minimum absolute atomic E-state index is 0.0824. The lowest BCUT2D eigenvalue weighted by Gasteiger charge is -2.34. The molecule has 1 amide bonds. The van der Waals surface area contributed by atoms with E-state index in [-0.39, 0.29) is 17.9 Å². The predicted molar refractivity (Wildman–Crippen MR) is 100 cm³/mol. The summed E-state index contributed by atoms with van der Waals surface area (Å²) in [5.41, 5.74) is 0.807. The van der Waals surface area contributed by atoms with E-state index in [0.717, 1.165) is 55.9 Å². The Morgan fingerprint density at radius 3 is 2.70 bits per heavy atom. The molecule has 4 rings (SSSR count). The molecule has 7 heteroatoms. The van der Waals surface area contributed by atoms with Crippen LogP contribution in [0.15, 0.2) is 28.8 Å². The van der Waals surface area contributed by atoms with Gasteiger partial charge in [-0.05, 0) is 57.8 Å². The van der Waals surface area contributed by atoms with E-state index in [1.165, 1.54) is 0 Å². The van der Waals surface area contributed by atoms with Crippen molar-refractivity contribution < 1.29 is 14.1 Å². The van der Waals surface area contributed by atoms with E-state index >= 15 is 0 Å². The van der Waals surface area contributed by atoms with Gasteiger partial charge in [0.15, 0.2) is 5.82 Å². The number of para-hydroxylation sites is 1. The molecule has 1 aliphatic heterocycles. The number of hydrogen-bond donors (Lipinski definition) is 1. The van der Waals surface area contributed by atoms with E-state index in [9.17, 15) is 4.79 Å². The lowest BCUT2D eigenvalue weighted by Crippen LogP contribution is -2.48. The standard InChI is InChI=1S/C20H26N4O3/c1-13(19(25)21-15-7-8-15)24-11-9-14(10-12-24)18-22-20(27-23-18)16-5-3-4-6-17(16)26-2/h3-6,13-15H,7-12H2,1-2H3,(H,21,25). The molecular weight excluding hydrogens is 344 g/mol. The van der Waals surface area contributed by atoms with Gasteiger partial charge in [-0.1, -0.05) is 17.3 Å². The van der Waals surface area contributed by atoms with Gasteiger partial charge in [-0.15, -0.1) is 0 Å². The molecule has 1 saturated carbocycles. The zero-order chi connectivity index (χ0) is 18.8. The molecule has 1 aromatic heterocycles. The number of benzene rings is 1. The van der Waals surface area contributed by atoms with Crippen LogP contribution in [0.5, 0.6) is 5.75 Å².